The molecule has 0 spiro atoms. The van der Waals surface area contributed by atoms with E-state index in [0.717, 1.165) is 57.5 Å². The number of benzene rings is 2. The zero-order valence-corrected chi connectivity index (χ0v) is 18.3. The topological polar surface area (TPSA) is 91.1 Å². The quantitative estimate of drug-likeness (QED) is 0.505. The Bertz CT molecular complexity index is 823. The number of nitrogens with zero attached hydrogens (tertiary/aromatic N) is 2. The van der Waals surface area contributed by atoms with Gasteiger partial charge in [-0.25, -0.2) is 4.79 Å². The Kier molecular flexibility index (Phi) is 8.55. The highest BCUT2D eigenvalue weighted by molar-refractivity contribution is 5.89. The molecule has 0 aromatic heterocycles. The first-order valence-electron chi connectivity index (χ1n) is 11.0. The van der Waals surface area contributed by atoms with Crippen LogP contribution in [-0.4, -0.2) is 55.9 Å². The van der Waals surface area contributed by atoms with Gasteiger partial charge in [-0.2, -0.15) is 0 Å². The van der Waals surface area contributed by atoms with Crippen molar-refractivity contribution in [2.45, 2.75) is 31.8 Å². The molecule has 2 aromatic carbocycles. The van der Waals surface area contributed by atoms with Crippen molar-refractivity contribution in [2.75, 3.05) is 50.1 Å². The van der Waals surface area contributed by atoms with Crippen molar-refractivity contribution < 1.29 is 14.6 Å². The summed E-state index contributed by atoms with van der Waals surface area (Å²) in [6.45, 7) is 5.44. The summed E-state index contributed by atoms with van der Waals surface area (Å²) in [5.74, 6) is 0.516. The van der Waals surface area contributed by atoms with Crippen LogP contribution >= 0.6 is 0 Å². The number of piperazine rings is 1. The summed E-state index contributed by atoms with van der Waals surface area (Å²) in [6.07, 6.45) is 3.28. The van der Waals surface area contributed by atoms with Crippen LogP contribution in [0.15, 0.2) is 48.5 Å². The third-order valence-corrected chi connectivity index (χ3v) is 5.81. The Labute approximate surface area is 184 Å². The summed E-state index contributed by atoms with van der Waals surface area (Å²) in [5, 5.41) is 13.1. The highest BCUT2D eigenvalue weighted by Gasteiger charge is 2.17. The molecule has 1 aliphatic heterocycles. The summed E-state index contributed by atoms with van der Waals surface area (Å²) in [6, 6.07) is 15.2. The highest BCUT2D eigenvalue weighted by atomic mass is 16.5. The van der Waals surface area contributed by atoms with E-state index in [0.29, 0.717) is 17.9 Å². The highest BCUT2D eigenvalue weighted by Crippen LogP contribution is 2.30. The second-order valence-corrected chi connectivity index (χ2v) is 7.98. The number of nitrogens with one attached hydrogen (secondary N) is 1. The van der Waals surface area contributed by atoms with Crippen LogP contribution in [0.3, 0.4) is 0 Å². The molecule has 2 aromatic rings. The van der Waals surface area contributed by atoms with Gasteiger partial charge in [0.1, 0.15) is 5.75 Å². The standard InChI is InChI=1S/C24H34N4O3/c1-31-23-12-11-19(18-21(23)26-24(25)30)22(29)10-6-3-7-13-27-14-16-28(17-15-27)20-8-4-2-5-9-20/h2,4-5,8-9,11-12,18,22,29H,3,6-7,10,13-17H2,1H3,(H3,25,26,30). The van der Waals surface area contributed by atoms with Crippen LogP contribution in [0.4, 0.5) is 16.2 Å². The van der Waals surface area contributed by atoms with Gasteiger partial charge in [0.15, 0.2) is 0 Å². The van der Waals surface area contributed by atoms with Crippen molar-refractivity contribution in [1.82, 2.24) is 4.90 Å². The molecule has 1 aliphatic rings. The molecule has 1 saturated heterocycles. The minimum absolute atomic E-state index is 0.473. The van der Waals surface area contributed by atoms with Crippen LogP contribution in [0.2, 0.25) is 0 Å². The Hall–Kier alpha value is -2.77. The molecule has 31 heavy (non-hydrogen) atoms. The van der Waals surface area contributed by atoms with E-state index in [-0.39, 0.29) is 0 Å². The molecule has 168 valence electrons. The van der Waals surface area contributed by atoms with Gasteiger partial charge in [0.2, 0.25) is 0 Å². The molecule has 4 N–H and O–H groups in total. The summed E-state index contributed by atoms with van der Waals surface area (Å²) >= 11 is 0. The maximum Gasteiger partial charge on any atom is 0.316 e. The smallest absolute Gasteiger partial charge is 0.316 e. The molecule has 0 aliphatic carbocycles. The average Bonchev–Trinajstić information content (AvgIpc) is 2.79. The average molecular weight is 427 g/mol. The SMILES string of the molecule is COc1ccc(C(O)CCCCCN2CCN(c3ccccc3)CC2)cc1NC(N)=O. The van der Waals surface area contributed by atoms with Crippen molar-refractivity contribution in [3.63, 3.8) is 0 Å². The van der Waals surface area contributed by atoms with Crippen molar-refractivity contribution in [2.24, 2.45) is 5.73 Å². The largest absolute Gasteiger partial charge is 0.495 e. The van der Waals surface area contributed by atoms with Gasteiger partial charge in [0.25, 0.3) is 0 Å². The number of aliphatic hydroxyl groups is 1. The number of aliphatic hydroxyl groups excluding tert-OH is 1. The Morgan fingerprint density at radius 2 is 1.84 bits per heavy atom. The van der Waals surface area contributed by atoms with Gasteiger partial charge in [-0.05, 0) is 49.2 Å². The monoisotopic (exact) mass is 426 g/mol. The number of para-hydroxylation sites is 1. The van der Waals surface area contributed by atoms with Gasteiger partial charge in [0, 0.05) is 31.9 Å². The number of urea groups is 1. The lowest BCUT2D eigenvalue weighted by Crippen LogP contribution is -2.46. The lowest BCUT2D eigenvalue weighted by atomic mass is 10.0. The Morgan fingerprint density at radius 3 is 2.52 bits per heavy atom. The first-order valence-corrected chi connectivity index (χ1v) is 11.0. The van der Waals surface area contributed by atoms with Crippen LogP contribution in [-0.2, 0) is 0 Å². The number of primary amides is 1. The maximum atomic E-state index is 11.2. The number of carbonyl (C=O) groups is 1. The summed E-state index contributed by atoms with van der Waals surface area (Å²) in [4.78, 5) is 16.1. The van der Waals surface area contributed by atoms with Gasteiger partial charge in [-0.15, -0.1) is 0 Å². The molecule has 0 radical (unpaired) electrons. The molecule has 0 bridgehead atoms. The van der Waals surface area contributed by atoms with E-state index >= 15 is 0 Å². The third kappa shape index (κ3) is 6.87. The molecule has 1 fully saturated rings. The predicted octanol–water partition coefficient (Wildman–Crippen LogP) is 3.60. The van der Waals surface area contributed by atoms with Gasteiger partial charge in [0.05, 0.1) is 18.9 Å². The first-order chi connectivity index (χ1) is 15.1. The lowest BCUT2D eigenvalue weighted by molar-refractivity contribution is 0.162. The maximum absolute atomic E-state index is 11.2. The normalized spacial score (nSPS) is 15.5. The van der Waals surface area contributed by atoms with E-state index in [1.165, 1.54) is 12.8 Å². The second-order valence-electron chi connectivity index (χ2n) is 7.98. The molecule has 1 atom stereocenters. The molecule has 1 unspecified atom stereocenters. The fourth-order valence-corrected chi connectivity index (χ4v) is 4.05. The molecular formula is C24H34N4O3. The van der Waals surface area contributed by atoms with Crippen LogP contribution in [0.25, 0.3) is 0 Å². The van der Waals surface area contributed by atoms with E-state index in [4.69, 9.17) is 10.5 Å². The van der Waals surface area contributed by atoms with E-state index in [9.17, 15) is 9.90 Å². The number of hydrogen-bond acceptors (Lipinski definition) is 5. The van der Waals surface area contributed by atoms with Gasteiger partial charge in [-0.3, -0.25) is 4.90 Å². The zero-order valence-electron chi connectivity index (χ0n) is 18.3. The number of carbonyl (C=O) groups excluding carboxylic acids is 1. The predicted molar refractivity (Wildman–Crippen MR) is 125 cm³/mol. The van der Waals surface area contributed by atoms with Gasteiger partial charge < -0.3 is 25.8 Å². The van der Waals surface area contributed by atoms with E-state index < -0.39 is 12.1 Å². The minimum atomic E-state index is -0.658. The van der Waals surface area contributed by atoms with E-state index in [2.05, 4.69) is 45.4 Å². The first kappa shape index (κ1) is 22.9. The van der Waals surface area contributed by atoms with Crippen molar-refractivity contribution in [3.05, 3.63) is 54.1 Å². The fourth-order valence-electron chi connectivity index (χ4n) is 4.05. The molecule has 0 saturated carbocycles. The molecule has 2 amide bonds. The van der Waals surface area contributed by atoms with Gasteiger partial charge >= 0.3 is 6.03 Å². The number of rotatable bonds is 10. The number of methoxy groups -OCH3 is 1. The third-order valence-electron chi connectivity index (χ3n) is 5.81. The van der Waals surface area contributed by atoms with Crippen molar-refractivity contribution in [3.8, 4) is 5.75 Å². The molecule has 3 rings (SSSR count). The second kappa shape index (κ2) is 11.6. The Balaban J connectivity index is 1.35. The molecule has 7 heteroatoms. The summed E-state index contributed by atoms with van der Waals surface area (Å²) < 4.78 is 5.22. The van der Waals surface area contributed by atoms with Crippen LogP contribution in [0.1, 0.15) is 37.4 Å². The van der Waals surface area contributed by atoms with Crippen molar-refractivity contribution in [1.29, 1.82) is 0 Å². The zero-order chi connectivity index (χ0) is 22.1. The summed E-state index contributed by atoms with van der Waals surface area (Å²) in [7, 11) is 1.53. The molecular weight excluding hydrogens is 392 g/mol. The number of unbranched alkanes of at least 4 members (excludes halogenated alkanes) is 2. The van der Waals surface area contributed by atoms with E-state index in [1.807, 2.05) is 6.07 Å². The molecule has 1 heterocycles. The molecule has 7 nitrogen and oxygen atoms in total. The van der Waals surface area contributed by atoms with Crippen molar-refractivity contribution >= 4 is 17.4 Å². The number of amides is 2. The minimum Gasteiger partial charge on any atom is -0.495 e. The summed E-state index contributed by atoms with van der Waals surface area (Å²) in [5.41, 5.74) is 7.75. The number of nitrogens with two attached hydrogens (primary N) is 1. The van der Waals surface area contributed by atoms with Crippen LogP contribution < -0.4 is 20.7 Å². The number of hydrogen-bond donors (Lipinski definition) is 3. The van der Waals surface area contributed by atoms with Crippen LogP contribution in [0.5, 0.6) is 5.75 Å². The Morgan fingerprint density at radius 1 is 1.10 bits per heavy atom. The van der Waals surface area contributed by atoms with Crippen LogP contribution in [0, 0.1) is 0 Å². The number of ether oxygens (including phenoxy) is 1. The fraction of sp³-hybridized carbons (Fsp3) is 0.458. The lowest BCUT2D eigenvalue weighted by Gasteiger charge is -2.36. The van der Waals surface area contributed by atoms with Gasteiger partial charge in [-0.1, -0.05) is 37.1 Å². The van der Waals surface area contributed by atoms with E-state index in [1.54, 1.807) is 12.1 Å². The number of anilines is 2.